The van der Waals surface area contributed by atoms with Gasteiger partial charge in [0, 0.05) is 17.6 Å². The van der Waals surface area contributed by atoms with Crippen LogP contribution in [0.4, 0.5) is 4.39 Å². The van der Waals surface area contributed by atoms with Crippen LogP contribution < -0.4 is 5.32 Å². The minimum atomic E-state index is -3.75. The van der Waals surface area contributed by atoms with Gasteiger partial charge in [0.1, 0.15) is 10.7 Å². The molecule has 1 aromatic rings. The van der Waals surface area contributed by atoms with Crippen LogP contribution in [0.15, 0.2) is 27.6 Å². The Hall–Kier alpha value is -0.210. The molecule has 0 atom stereocenters. The van der Waals surface area contributed by atoms with Gasteiger partial charge in [-0.3, -0.25) is 0 Å². The zero-order chi connectivity index (χ0) is 15.5. The van der Waals surface area contributed by atoms with Crippen molar-refractivity contribution in [3.63, 3.8) is 0 Å². The Bertz CT molecular complexity index is 593. The van der Waals surface area contributed by atoms with E-state index in [2.05, 4.69) is 28.2 Å². The lowest BCUT2D eigenvalue weighted by Gasteiger charge is -2.31. The highest BCUT2D eigenvalue weighted by Gasteiger charge is 2.31. The fourth-order valence-corrected chi connectivity index (χ4v) is 4.59. The molecule has 1 saturated heterocycles. The third-order valence-corrected chi connectivity index (χ3v) is 6.17. The van der Waals surface area contributed by atoms with E-state index < -0.39 is 15.8 Å². The first-order valence-electron chi connectivity index (χ1n) is 7.11. The van der Waals surface area contributed by atoms with Crippen LogP contribution in [0.5, 0.6) is 0 Å². The maximum Gasteiger partial charge on any atom is 0.246 e. The Kier molecular flexibility index (Phi) is 7.74. The van der Waals surface area contributed by atoms with Gasteiger partial charge in [0.15, 0.2) is 0 Å². The molecule has 0 amide bonds. The molecule has 0 radical (unpaired) electrons. The molecular formula is C14H21BrClFN2O2S. The van der Waals surface area contributed by atoms with Crippen molar-refractivity contribution >= 4 is 38.4 Å². The van der Waals surface area contributed by atoms with Gasteiger partial charge in [-0.1, -0.05) is 22.9 Å². The number of hydrogen-bond acceptors (Lipinski definition) is 3. The van der Waals surface area contributed by atoms with Gasteiger partial charge < -0.3 is 5.32 Å². The lowest BCUT2D eigenvalue weighted by atomic mass is 9.98. The van der Waals surface area contributed by atoms with Crippen LogP contribution in [0.25, 0.3) is 0 Å². The first kappa shape index (κ1) is 19.8. The largest absolute Gasteiger partial charge is 0.317 e. The third kappa shape index (κ3) is 4.64. The van der Waals surface area contributed by atoms with Crippen molar-refractivity contribution in [3.05, 3.63) is 28.5 Å². The van der Waals surface area contributed by atoms with Gasteiger partial charge in [-0.15, -0.1) is 12.4 Å². The van der Waals surface area contributed by atoms with E-state index in [1.54, 1.807) is 0 Å². The van der Waals surface area contributed by atoms with Gasteiger partial charge >= 0.3 is 0 Å². The second kappa shape index (κ2) is 8.59. The van der Waals surface area contributed by atoms with Crippen LogP contribution in [0, 0.1) is 11.7 Å². The summed E-state index contributed by atoms with van der Waals surface area (Å²) < 4.78 is 40.8. The molecule has 1 aliphatic heterocycles. The SMILES string of the molecule is CCNCC1CCN(S(=O)(=O)c2cc(Br)ccc2F)CC1.Cl. The van der Waals surface area contributed by atoms with E-state index in [0.717, 1.165) is 25.9 Å². The quantitative estimate of drug-likeness (QED) is 0.804. The predicted octanol–water partition coefficient (Wildman–Crippen LogP) is 3.02. The molecule has 0 unspecified atom stereocenters. The maximum absolute atomic E-state index is 13.8. The second-order valence-electron chi connectivity index (χ2n) is 5.23. The summed E-state index contributed by atoms with van der Waals surface area (Å²) in [6.45, 7) is 4.78. The van der Waals surface area contributed by atoms with E-state index in [1.165, 1.54) is 22.5 Å². The summed E-state index contributed by atoms with van der Waals surface area (Å²) in [6, 6.07) is 4.00. The molecule has 0 bridgehead atoms. The number of nitrogens with one attached hydrogen (secondary N) is 1. The Labute approximate surface area is 146 Å². The summed E-state index contributed by atoms with van der Waals surface area (Å²) in [5.41, 5.74) is 0. The van der Waals surface area contributed by atoms with Gasteiger partial charge in [0.2, 0.25) is 10.0 Å². The predicted molar refractivity (Wildman–Crippen MR) is 91.4 cm³/mol. The first-order chi connectivity index (χ1) is 9.95. The van der Waals surface area contributed by atoms with Crippen LogP contribution in [0.1, 0.15) is 19.8 Å². The van der Waals surface area contributed by atoms with E-state index in [4.69, 9.17) is 0 Å². The number of nitrogens with zero attached hydrogens (tertiary/aromatic N) is 1. The van der Waals surface area contributed by atoms with Gasteiger partial charge in [-0.2, -0.15) is 4.31 Å². The Morgan fingerprint density at radius 1 is 1.36 bits per heavy atom. The van der Waals surface area contributed by atoms with Gasteiger partial charge in [0.05, 0.1) is 0 Å². The average molecular weight is 416 g/mol. The number of hydrogen-bond donors (Lipinski definition) is 1. The lowest BCUT2D eigenvalue weighted by Crippen LogP contribution is -2.41. The van der Waals surface area contributed by atoms with Gasteiger partial charge in [-0.25, -0.2) is 12.8 Å². The highest BCUT2D eigenvalue weighted by Crippen LogP contribution is 2.27. The Balaban J connectivity index is 0.00000242. The number of rotatable bonds is 5. The molecule has 0 saturated carbocycles. The molecule has 2 rings (SSSR count). The topological polar surface area (TPSA) is 49.4 Å². The highest BCUT2D eigenvalue weighted by atomic mass is 79.9. The molecule has 1 fully saturated rings. The number of sulfonamides is 1. The van der Waals surface area contributed by atoms with E-state index in [9.17, 15) is 12.8 Å². The monoisotopic (exact) mass is 414 g/mol. The van der Waals surface area contributed by atoms with E-state index >= 15 is 0 Å². The van der Waals surface area contributed by atoms with Crippen molar-refractivity contribution in [2.24, 2.45) is 5.92 Å². The molecule has 0 spiro atoms. The number of benzene rings is 1. The number of halogens is 3. The molecule has 1 N–H and O–H groups in total. The summed E-state index contributed by atoms with van der Waals surface area (Å²) in [5.74, 6) is -0.211. The van der Waals surface area contributed by atoms with E-state index in [1.807, 2.05) is 0 Å². The first-order valence-corrected chi connectivity index (χ1v) is 9.34. The Morgan fingerprint density at radius 3 is 2.59 bits per heavy atom. The molecule has 1 heterocycles. The number of piperidine rings is 1. The molecule has 1 aliphatic rings. The van der Waals surface area contributed by atoms with Crippen molar-refractivity contribution < 1.29 is 12.8 Å². The van der Waals surface area contributed by atoms with Crippen molar-refractivity contribution in [2.75, 3.05) is 26.2 Å². The summed E-state index contributed by atoms with van der Waals surface area (Å²) in [4.78, 5) is -0.248. The summed E-state index contributed by atoms with van der Waals surface area (Å²) in [7, 11) is -3.75. The molecule has 126 valence electrons. The third-order valence-electron chi connectivity index (χ3n) is 3.77. The smallest absolute Gasteiger partial charge is 0.246 e. The van der Waals surface area contributed by atoms with Crippen molar-refractivity contribution in [1.82, 2.24) is 9.62 Å². The maximum atomic E-state index is 13.8. The van der Waals surface area contributed by atoms with E-state index in [0.29, 0.717) is 23.5 Å². The van der Waals surface area contributed by atoms with Crippen LogP contribution >= 0.6 is 28.3 Å². The average Bonchev–Trinajstić information content (AvgIpc) is 2.48. The standard InChI is InChI=1S/C14H20BrFN2O2S.ClH/c1-2-17-10-11-5-7-18(8-6-11)21(19,20)14-9-12(15)3-4-13(14)16;/h3-4,9,11,17H,2,5-8,10H2,1H3;1H. The summed E-state index contributed by atoms with van der Waals surface area (Å²) in [5, 5.41) is 3.29. The van der Waals surface area contributed by atoms with Crippen molar-refractivity contribution in [3.8, 4) is 0 Å². The molecule has 22 heavy (non-hydrogen) atoms. The lowest BCUT2D eigenvalue weighted by molar-refractivity contribution is 0.268. The molecule has 0 aromatic heterocycles. The van der Waals surface area contributed by atoms with Crippen LogP contribution in [-0.4, -0.2) is 38.9 Å². The zero-order valence-electron chi connectivity index (χ0n) is 12.4. The van der Waals surface area contributed by atoms with Crippen LogP contribution in [0.2, 0.25) is 0 Å². The van der Waals surface area contributed by atoms with Crippen molar-refractivity contribution in [1.29, 1.82) is 0 Å². The summed E-state index contributed by atoms with van der Waals surface area (Å²) >= 11 is 3.19. The molecule has 4 nitrogen and oxygen atoms in total. The molecule has 8 heteroatoms. The van der Waals surface area contributed by atoms with Gasteiger partial charge in [0.25, 0.3) is 0 Å². The fourth-order valence-electron chi connectivity index (χ4n) is 2.52. The minimum absolute atomic E-state index is 0. The highest BCUT2D eigenvalue weighted by molar-refractivity contribution is 9.10. The minimum Gasteiger partial charge on any atom is -0.317 e. The Morgan fingerprint density at radius 2 is 2.00 bits per heavy atom. The van der Waals surface area contributed by atoms with Gasteiger partial charge in [-0.05, 0) is 50.0 Å². The van der Waals surface area contributed by atoms with Crippen LogP contribution in [0.3, 0.4) is 0 Å². The molecule has 0 aliphatic carbocycles. The second-order valence-corrected chi connectivity index (χ2v) is 8.05. The molecule has 1 aromatic carbocycles. The van der Waals surface area contributed by atoms with Crippen molar-refractivity contribution in [2.45, 2.75) is 24.7 Å². The molecular weight excluding hydrogens is 395 g/mol. The van der Waals surface area contributed by atoms with Crippen LogP contribution in [-0.2, 0) is 10.0 Å². The zero-order valence-corrected chi connectivity index (χ0v) is 15.6. The van der Waals surface area contributed by atoms with E-state index in [-0.39, 0.29) is 17.3 Å². The normalized spacial score (nSPS) is 17.2. The summed E-state index contributed by atoms with van der Waals surface area (Å²) in [6.07, 6.45) is 1.61. The fraction of sp³-hybridized carbons (Fsp3) is 0.571.